The number of carboxylic acid groups (broad SMARTS) is 1. The Bertz CT molecular complexity index is 171. The van der Waals surface area contributed by atoms with E-state index in [1.807, 2.05) is 0 Å². The van der Waals surface area contributed by atoms with Crippen LogP contribution >= 0.6 is 0 Å². The fourth-order valence-corrected chi connectivity index (χ4v) is 0.591. The van der Waals surface area contributed by atoms with Gasteiger partial charge in [0, 0.05) is 0 Å². The van der Waals surface area contributed by atoms with Gasteiger partial charge in [-0.1, -0.05) is 0 Å². The predicted octanol–water partition coefficient (Wildman–Crippen LogP) is -2.23. The number of aliphatic hydroxyl groups excluding tert-OH is 1. The first-order valence-electron chi connectivity index (χ1n) is 3.39. The molecule has 0 fully saturated rings. The maximum absolute atomic E-state index is 10.8. The highest BCUT2D eigenvalue weighted by molar-refractivity contribution is 5.84. The highest BCUT2D eigenvalue weighted by Gasteiger charge is 2.17. The summed E-state index contributed by atoms with van der Waals surface area (Å²) < 4.78 is 0. The Morgan fingerprint density at radius 2 is 2.08 bits per heavy atom. The van der Waals surface area contributed by atoms with E-state index < -0.39 is 24.5 Å². The third kappa shape index (κ3) is 3.89. The van der Waals surface area contributed by atoms with Crippen molar-refractivity contribution in [1.82, 2.24) is 10.6 Å². The summed E-state index contributed by atoms with van der Waals surface area (Å²) in [5, 5.41) is 21.6. The van der Waals surface area contributed by atoms with E-state index in [1.54, 1.807) is 7.05 Å². The van der Waals surface area contributed by atoms with Gasteiger partial charge in [-0.05, 0) is 7.05 Å². The van der Waals surface area contributed by atoms with Crippen molar-refractivity contribution in [2.24, 2.45) is 0 Å². The van der Waals surface area contributed by atoms with E-state index in [2.05, 4.69) is 10.6 Å². The maximum Gasteiger partial charge on any atom is 0.328 e. The summed E-state index contributed by atoms with van der Waals surface area (Å²) in [6.45, 7) is -0.575. The molecule has 1 amide bonds. The van der Waals surface area contributed by atoms with Crippen LogP contribution in [0.3, 0.4) is 0 Å². The molecule has 0 aromatic heterocycles. The number of amides is 1. The number of hydrogen-bond acceptors (Lipinski definition) is 4. The van der Waals surface area contributed by atoms with Crippen LogP contribution < -0.4 is 10.6 Å². The first-order valence-corrected chi connectivity index (χ1v) is 3.39. The minimum Gasteiger partial charge on any atom is -0.480 e. The molecule has 0 aliphatic carbocycles. The molecule has 0 rings (SSSR count). The average Bonchev–Trinajstić information content (AvgIpc) is 2.00. The second-order valence-corrected chi connectivity index (χ2v) is 2.17. The van der Waals surface area contributed by atoms with Crippen molar-refractivity contribution in [3.8, 4) is 0 Å². The van der Waals surface area contributed by atoms with Gasteiger partial charge in [0.2, 0.25) is 5.91 Å². The number of carboxylic acids is 1. The van der Waals surface area contributed by atoms with Crippen LogP contribution in [0, 0.1) is 0 Å². The summed E-state index contributed by atoms with van der Waals surface area (Å²) in [6.07, 6.45) is 0. The molecule has 0 spiro atoms. The molecule has 0 saturated carbocycles. The van der Waals surface area contributed by atoms with E-state index in [4.69, 9.17) is 10.2 Å². The fraction of sp³-hybridized carbons (Fsp3) is 0.667. The largest absolute Gasteiger partial charge is 0.480 e. The number of carbonyl (C=O) groups excluding carboxylic acids is 1. The minimum atomic E-state index is -1.25. The van der Waals surface area contributed by atoms with Crippen molar-refractivity contribution in [2.75, 3.05) is 20.2 Å². The molecule has 0 saturated heterocycles. The lowest BCUT2D eigenvalue weighted by molar-refractivity contribution is -0.142. The number of carbonyl (C=O) groups is 2. The zero-order valence-electron chi connectivity index (χ0n) is 6.70. The molecule has 0 aliphatic rings. The van der Waals surface area contributed by atoms with Crippen molar-refractivity contribution >= 4 is 11.9 Å². The van der Waals surface area contributed by atoms with Gasteiger partial charge in [-0.3, -0.25) is 4.79 Å². The average molecular weight is 176 g/mol. The zero-order valence-corrected chi connectivity index (χ0v) is 6.70. The van der Waals surface area contributed by atoms with Crippen molar-refractivity contribution in [3.63, 3.8) is 0 Å². The van der Waals surface area contributed by atoms with Crippen molar-refractivity contribution in [3.05, 3.63) is 0 Å². The quantitative estimate of drug-likeness (QED) is 0.380. The first-order chi connectivity index (χ1) is 5.61. The topological polar surface area (TPSA) is 98.7 Å². The van der Waals surface area contributed by atoms with Gasteiger partial charge in [0.15, 0.2) is 0 Å². The highest BCUT2D eigenvalue weighted by Crippen LogP contribution is 1.81. The Hall–Kier alpha value is -1.14. The van der Waals surface area contributed by atoms with Crippen LogP contribution in [0.4, 0.5) is 0 Å². The van der Waals surface area contributed by atoms with E-state index in [0.29, 0.717) is 0 Å². The smallest absolute Gasteiger partial charge is 0.328 e. The summed E-state index contributed by atoms with van der Waals surface area (Å²) in [5.41, 5.74) is 0. The molecular formula is C6H12N2O4. The number of rotatable bonds is 5. The molecule has 0 aliphatic heterocycles. The van der Waals surface area contributed by atoms with E-state index in [0.717, 1.165) is 0 Å². The van der Waals surface area contributed by atoms with Crippen molar-refractivity contribution in [2.45, 2.75) is 6.04 Å². The zero-order chi connectivity index (χ0) is 9.56. The second kappa shape index (κ2) is 5.50. The normalized spacial score (nSPS) is 12.2. The lowest BCUT2D eigenvalue weighted by Gasteiger charge is -2.10. The number of aliphatic carboxylic acids is 1. The molecule has 12 heavy (non-hydrogen) atoms. The number of hydrogen-bond donors (Lipinski definition) is 4. The molecule has 6 heteroatoms. The molecule has 0 radical (unpaired) electrons. The summed E-state index contributed by atoms with van der Waals surface area (Å²) in [6, 6.07) is -1.22. The predicted molar refractivity (Wildman–Crippen MR) is 40.6 cm³/mol. The molecule has 6 nitrogen and oxygen atoms in total. The van der Waals surface area contributed by atoms with Gasteiger partial charge < -0.3 is 20.8 Å². The van der Waals surface area contributed by atoms with Gasteiger partial charge in [-0.15, -0.1) is 0 Å². The van der Waals surface area contributed by atoms with Crippen LogP contribution in [-0.4, -0.2) is 48.3 Å². The van der Waals surface area contributed by atoms with Crippen LogP contribution in [0.15, 0.2) is 0 Å². The van der Waals surface area contributed by atoms with Gasteiger partial charge in [-0.25, -0.2) is 4.79 Å². The third-order valence-electron chi connectivity index (χ3n) is 1.15. The lowest BCUT2D eigenvalue weighted by Crippen LogP contribution is -2.46. The van der Waals surface area contributed by atoms with E-state index in [9.17, 15) is 9.59 Å². The monoisotopic (exact) mass is 176 g/mol. The third-order valence-corrected chi connectivity index (χ3v) is 1.15. The van der Waals surface area contributed by atoms with Crippen LogP contribution in [0.25, 0.3) is 0 Å². The van der Waals surface area contributed by atoms with Gasteiger partial charge in [0.1, 0.15) is 6.04 Å². The maximum atomic E-state index is 10.8. The molecular weight excluding hydrogens is 164 g/mol. The summed E-state index contributed by atoms with van der Waals surface area (Å²) in [5.74, 6) is -1.71. The fourth-order valence-electron chi connectivity index (χ4n) is 0.591. The summed E-state index contributed by atoms with van der Waals surface area (Å²) >= 11 is 0. The van der Waals surface area contributed by atoms with Gasteiger partial charge in [0.25, 0.3) is 0 Å². The van der Waals surface area contributed by atoms with Crippen LogP contribution in [0.5, 0.6) is 0 Å². The minimum absolute atomic E-state index is 0.0315. The van der Waals surface area contributed by atoms with Crippen LogP contribution in [0.2, 0.25) is 0 Å². The van der Waals surface area contributed by atoms with E-state index in [1.165, 1.54) is 0 Å². The molecule has 1 atom stereocenters. The molecule has 70 valence electrons. The van der Waals surface area contributed by atoms with Gasteiger partial charge >= 0.3 is 5.97 Å². The van der Waals surface area contributed by atoms with E-state index in [-0.39, 0.29) is 6.54 Å². The SMILES string of the molecule is CNCC(=O)NC(CO)C(=O)O. The number of aliphatic hydroxyl groups is 1. The molecule has 1 unspecified atom stereocenters. The second-order valence-electron chi connectivity index (χ2n) is 2.17. The van der Waals surface area contributed by atoms with Gasteiger partial charge in [0.05, 0.1) is 13.2 Å². The van der Waals surface area contributed by atoms with E-state index >= 15 is 0 Å². The Labute approximate surface area is 69.6 Å². The first kappa shape index (κ1) is 10.9. The van der Waals surface area contributed by atoms with Gasteiger partial charge in [-0.2, -0.15) is 0 Å². The lowest BCUT2D eigenvalue weighted by atomic mass is 10.3. The van der Waals surface area contributed by atoms with Crippen molar-refractivity contribution < 1.29 is 19.8 Å². The molecule has 0 bridgehead atoms. The Kier molecular flexibility index (Phi) is 4.98. The molecule has 0 aromatic rings. The Balaban J connectivity index is 3.85. The molecule has 4 N–H and O–H groups in total. The molecule has 0 aromatic carbocycles. The summed E-state index contributed by atoms with van der Waals surface area (Å²) in [7, 11) is 1.56. The molecule has 0 heterocycles. The number of likely N-dealkylation sites (N-methyl/N-ethyl adjacent to an activating group) is 1. The standard InChI is InChI=1S/C6H12N2O4/c1-7-2-5(10)8-4(3-9)6(11)12/h4,7,9H,2-3H2,1H3,(H,8,10)(H,11,12). The van der Waals surface area contributed by atoms with Crippen LogP contribution in [0.1, 0.15) is 0 Å². The van der Waals surface area contributed by atoms with Crippen LogP contribution in [-0.2, 0) is 9.59 Å². The summed E-state index contributed by atoms with van der Waals surface area (Å²) in [4.78, 5) is 21.0. The highest BCUT2D eigenvalue weighted by atomic mass is 16.4. The Morgan fingerprint density at radius 3 is 2.42 bits per heavy atom. The number of nitrogens with one attached hydrogen (secondary N) is 2. The Morgan fingerprint density at radius 1 is 1.50 bits per heavy atom. The van der Waals surface area contributed by atoms with Crippen molar-refractivity contribution in [1.29, 1.82) is 0 Å².